The van der Waals surface area contributed by atoms with E-state index in [4.69, 9.17) is 17.3 Å². The first kappa shape index (κ1) is 16.1. The molecule has 0 aromatic carbocycles. The molecule has 1 saturated heterocycles. The summed E-state index contributed by atoms with van der Waals surface area (Å²) in [5, 5.41) is 11.5. The number of thiocarbonyl (C=S) groups is 1. The highest BCUT2D eigenvalue weighted by Crippen LogP contribution is 2.43. The molecule has 0 aromatic rings. The van der Waals surface area contributed by atoms with Crippen molar-refractivity contribution >= 4 is 51.9 Å². The van der Waals surface area contributed by atoms with Crippen molar-refractivity contribution in [3.63, 3.8) is 0 Å². The Balaban J connectivity index is 2.26. The molecule has 1 fully saturated rings. The van der Waals surface area contributed by atoms with Crippen LogP contribution in [0.5, 0.6) is 0 Å². The minimum atomic E-state index is -0.863. The average Bonchev–Trinajstić information content (AvgIpc) is 2.91. The van der Waals surface area contributed by atoms with Crippen molar-refractivity contribution in [1.29, 1.82) is 0 Å². The van der Waals surface area contributed by atoms with Gasteiger partial charge in [0.2, 0.25) is 0 Å². The second kappa shape index (κ2) is 6.67. The molecule has 2 rings (SSSR count). The highest BCUT2D eigenvalue weighted by atomic mass is 32.2. The van der Waals surface area contributed by atoms with Crippen LogP contribution in [0.1, 0.15) is 13.3 Å². The van der Waals surface area contributed by atoms with E-state index in [1.165, 1.54) is 28.4 Å². The van der Waals surface area contributed by atoms with Gasteiger partial charge in [-0.1, -0.05) is 41.8 Å². The van der Waals surface area contributed by atoms with Crippen LogP contribution in [0.25, 0.3) is 0 Å². The van der Waals surface area contributed by atoms with E-state index >= 15 is 0 Å². The number of carbonyl (C=O) groups excluding carboxylic acids is 1. The van der Waals surface area contributed by atoms with E-state index in [-0.39, 0.29) is 12.3 Å². The molecule has 2 aliphatic rings. The Morgan fingerprint density at radius 2 is 2.24 bits per heavy atom. The number of amides is 1. The van der Waals surface area contributed by atoms with E-state index in [0.29, 0.717) is 22.3 Å². The lowest BCUT2D eigenvalue weighted by Crippen LogP contribution is -2.29. The van der Waals surface area contributed by atoms with Gasteiger partial charge in [-0.2, -0.15) is 0 Å². The van der Waals surface area contributed by atoms with Crippen LogP contribution < -0.4 is 0 Å². The van der Waals surface area contributed by atoms with E-state index in [9.17, 15) is 9.59 Å². The number of hydrogen-bond donors (Lipinski definition) is 1. The summed E-state index contributed by atoms with van der Waals surface area (Å²) in [6.07, 6.45) is 1.65. The number of aliphatic carboxylic acids is 1. The largest absolute Gasteiger partial charge is 0.481 e. The van der Waals surface area contributed by atoms with Crippen LogP contribution in [0.3, 0.4) is 0 Å². The minimum Gasteiger partial charge on any atom is -0.481 e. The Kier molecular flexibility index (Phi) is 5.13. The zero-order chi connectivity index (χ0) is 15.6. The van der Waals surface area contributed by atoms with Crippen molar-refractivity contribution in [2.75, 3.05) is 13.1 Å². The van der Waals surface area contributed by atoms with E-state index in [1.54, 1.807) is 6.08 Å². The van der Waals surface area contributed by atoms with Gasteiger partial charge in [0.05, 0.1) is 11.4 Å². The van der Waals surface area contributed by atoms with Gasteiger partial charge in [0.15, 0.2) is 0 Å². The normalized spacial score (nSPS) is 22.0. The molecule has 112 valence electrons. The van der Waals surface area contributed by atoms with Crippen LogP contribution in [-0.2, 0) is 9.59 Å². The van der Waals surface area contributed by atoms with Crippen molar-refractivity contribution in [2.45, 2.75) is 13.3 Å². The lowest BCUT2D eigenvalue weighted by Gasteiger charge is -2.21. The predicted octanol–water partition coefficient (Wildman–Crippen LogP) is 2.59. The van der Waals surface area contributed by atoms with Gasteiger partial charge in [-0.05, 0) is 12.3 Å². The molecule has 0 unspecified atom stereocenters. The van der Waals surface area contributed by atoms with E-state index in [2.05, 4.69) is 6.58 Å². The van der Waals surface area contributed by atoms with Crippen molar-refractivity contribution < 1.29 is 14.7 Å². The van der Waals surface area contributed by atoms with Crippen molar-refractivity contribution in [3.05, 3.63) is 33.7 Å². The maximum absolute atomic E-state index is 12.4. The summed E-state index contributed by atoms with van der Waals surface area (Å²) >= 11 is 7.90. The van der Waals surface area contributed by atoms with Crippen molar-refractivity contribution in [3.8, 4) is 0 Å². The van der Waals surface area contributed by atoms with Gasteiger partial charge in [-0.15, -0.1) is 6.58 Å². The third-order valence-corrected chi connectivity index (χ3v) is 5.59. The van der Waals surface area contributed by atoms with Crippen molar-refractivity contribution in [2.24, 2.45) is 0 Å². The van der Waals surface area contributed by atoms with Gasteiger partial charge in [0.1, 0.15) is 9.23 Å². The Hall–Kier alpha value is -1.25. The molecule has 1 amide bonds. The molecule has 2 heterocycles. The van der Waals surface area contributed by atoms with Crippen LogP contribution in [0.4, 0.5) is 0 Å². The molecule has 0 atom stereocenters. The molecule has 0 spiro atoms. The fourth-order valence-corrected chi connectivity index (χ4v) is 4.38. The van der Waals surface area contributed by atoms with E-state index in [0.717, 1.165) is 10.7 Å². The van der Waals surface area contributed by atoms with Gasteiger partial charge < -0.3 is 10.0 Å². The Morgan fingerprint density at radius 3 is 2.86 bits per heavy atom. The molecule has 1 N–H and O–H groups in total. The number of nitrogens with zero attached hydrogens (tertiary/aromatic N) is 2. The summed E-state index contributed by atoms with van der Waals surface area (Å²) in [6, 6.07) is 0. The van der Waals surface area contributed by atoms with Gasteiger partial charge >= 0.3 is 5.97 Å². The van der Waals surface area contributed by atoms with Crippen LogP contribution in [0.2, 0.25) is 0 Å². The third kappa shape index (κ3) is 3.33. The Morgan fingerprint density at radius 1 is 1.52 bits per heavy atom. The smallest absolute Gasteiger partial charge is 0.305 e. The first-order chi connectivity index (χ1) is 9.95. The molecule has 8 heteroatoms. The fraction of sp³-hybridized carbons (Fsp3) is 0.308. The lowest BCUT2D eigenvalue weighted by molar-refractivity contribution is -0.137. The summed E-state index contributed by atoms with van der Waals surface area (Å²) in [5.74, 6) is -1.01. The number of thioether (sulfide) groups is 2. The van der Waals surface area contributed by atoms with Crippen LogP contribution in [0, 0.1) is 0 Å². The fourth-order valence-electron chi connectivity index (χ4n) is 1.90. The Labute approximate surface area is 136 Å². The second-order valence-electron chi connectivity index (χ2n) is 4.38. The molecular weight excluding hydrogens is 328 g/mol. The summed E-state index contributed by atoms with van der Waals surface area (Å²) in [7, 11) is 0. The summed E-state index contributed by atoms with van der Waals surface area (Å²) in [5.41, 5.74) is 0.935. The van der Waals surface area contributed by atoms with Gasteiger partial charge in [0.25, 0.3) is 5.91 Å². The number of carbonyl (C=O) groups is 2. The zero-order valence-corrected chi connectivity index (χ0v) is 13.8. The second-order valence-corrected chi connectivity index (χ2v) is 6.88. The van der Waals surface area contributed by atoms with Crippen molar-refractivity contribution in [1.82, 2.24) is 9.80 Å². The summed E-state index contributed by atoms with van der Waals surface area (Å²) in [4.78, 5) is 27.1. The summed E-state index contributed by atoms with van der Waals surface area (Å²) in [6.45, 7) is 6.24. The first-order valence-corrected chi connectivity index (χ1v) is 8.27. The standard InChI is InChI=1S/C13H14N2O3S3/c1-3-5-15-11(18)10(21-13(15)19)12-14(6-4-9(16)17)8(2)7-20-12/h3,7H,1,4-6H2,2H3,(H,16,17). The zero-order valence-electron chi connectivity index (χ0n) is 11.4. The molecule has 0 radical (unpaired) electrons. The molecule has 2 aliphatic heterocycles. The SMILES string of the molecule is C=CCN1C(=O)C(=C2SC=C(C)N2CCC(=O)O)SC1=S. The van der Waals surface area contributed by atoms with Gasteiger partial charge in [-0.25, -0.2) is 0 Å². The average molecular weight is 342 g/mol. The predicted molar refractivity (Wildman–Crippen MR) is 89.4 cm³/mol. The number of hydrogen-bond acceptors (Lipinski definition) is 6. The molecule has 5 nitrogen and oxygen atoms in total. The van der Waals surface area contributed by atoms with E-state index in [1.807, 2.05) is 17.2 Å². The molecule has 0 aromatic heterocycles. The number of carboxylic acid groups (broad SMARTS) is 1. The monoisotopic (exact) mass is 342 g/mol. The maximum Gasteiger partial charge on any atom is 0.305 e. The number of rotatable bonds is 5. The lowest BCUT2D eigenvalue weighted by atomic mass is 10.3. The number of carboxylic acids is 1. The minimum absolute atomic E-state index is 0.0161. The highest BCUT2D eigenvalue weighted by molar-refractivity contribution is 8.27. The third-order valence-electron chi connectivity index (χ3n) is 2.92. The molecule has 21 heavy (non-hydrogen) atoms. The maximum atomic E-state index is 12.4. The van der Waals surface area contributed by atoms with Gasteiger partial charge in [0, 0.05) is 18.8 Å². The topological polar surface area (TPSA) is 60.9 Å². The van der Waals surface area contributed by atoms with Crippen LogP contribution in [-0.4, -0.2) is 44.2 Å². The highest BCUT2D eigenvalue weighted by Gasteiger charge is 2.36. The molecular formula is C13H14N2O3S3. The van der Waals surface area contributed by atoms with Crippen LogP contribution in [0.15, 0.2) is 33.7 Å². The number of allylic oxidation sites excluding steroid dienone is 1. The summed E-state index contributed by atoms with van der Waals surface area (Å²) < 4.78 is 0.505. The molecule has 0 aliphatic carbocycles. The van der Waals surface area contributed by atoms with Gasteiger partial charge in [-0.3, -0.25) is 14.5 Å². The Bertz CT molecular complexity index is 583. The van der Waals surface area contributed by atoms with Crippen LogP contribution >= 0.6 is 35.7 Å². The molecule has 0 saturated carbocycles. The first-order valence-electron chi connectivity index (χ1n) is 6.17. The molecule has 0 bridgehead atoms. The van der Waals surface area contributed by atoms with E-state index < -0.39 is 5.97 Å². The quantitative estimate of drug-likeness (QED) is 0.468.